The molecular weight excluding hydrogens is 262 g/mol. The van der Waals surface area contributed by atoms with Crippen LogP contribution in [0.1, 0.15) is 13.3 Å². The van der Waals surface area contributed by atoms with E-state index in [9.17, 15) is 14.9 Å². The van der Waals surface area contributed by atoms with Gasteiger partial charge in [-0.25, -0.2) is 4.79 Å². The first-order valence-electron chi connectivity index (χ1n) is 6.10. The van der Waals surface area contributed by atoms with Crippen molar-refractivity contribution in [2.45, 2.75) is 19.4 Å². The van der Waals surface area contributed by atoms with Crippen molar-refractivity contribution in [3.63, 3.8) is 0 Å². The molecule has 0 aliphatic carbocycles. The van der Waals surface area contributed by atoms with E-state index < -0.39 is 17.0 Å². The maximum absolute atomic E-state index is 11.0. The number of rotatable bonds is 5. The van der Waals surface area contributed by atoms with E-state index in [1.54, 1.807) is 31.2 Å². The first-order chi connectivity index (χ1) is 9.54. The van der Waals surface area contributed by atoms with Crippen LogP contribution in [0, 0.1) is 10.1 Å². The van der Waals surface area contributed by atoms with Gasteiger partial charge in [0.05, 0.1) is 10.3 Å². The first kappa shape index (κ1) is 13.8. The highest BCUT2D eigenvalue weighted by molar-refractivity contribution is 5.95. The monoisotopic (exact) mass is 275 g/mol. The third-order valence-corrected chi connectivity index (χ3v) is 2.97. The van der Waals surface area contributed by atoms with Crippen LogP contribution in [0.4, 0.5) is 5.69 Å². The number of nitro groups is 1. The smallest absolute Gasteiger partial charge is 0.344 e. The quantitative estimate of drug-likeness (QED) is 0.669. The van der Waals surface area contributed by atoms with Crippen LogP contribution in [-0.2, 0) is 4.79 Å². The van der Waals surface area contributed by atoms with Gasteiger partial charge in [-0.2, -0.15) is 0 Å². The summed E-state index contributed by atoms with van der Waals surface area (Å²) in [6, 6.07) is 9.46. The van der Waals surface area contributed by atoms with E-state index in [-0.39, 0.29) is 5.69 Å². The lowest BCUT2D eigenvalue weighted by Crippen LogP contribution is -2.26. The summed E-state index contributed by atoms with van der Waals surface area (Å²) in [6.07, 6.45) is -0.666. The van der Waals surface area contributed by atoms with Crippen LogP contribution >= 0.6 is 0 Å². The van der Waals surface area contributed by atoms with Gasteiger partial charge in [0, 0.05) is 11.5 Å². The van der Waals surface area contributed by atoms with Crippen LogP contribution in [0.2, 0.25) is 0 Å². The third-order valence-electron chi connectivity index (χ3n) is 2.97. The molecule has 6 heteroatoms. The summed E-state index contributed by atoms with van der Waals surface area (Å²) in [5, 5.41) is 21.0. The summed E-state index contributed by atoms with van der Waals surface area (Å²) in [5.74, 6) is -0.726. The van der Waals surface area contributed by atoms with E-state index in [4.69, 9.17) is 9.84 Å². The van der Waals surface area contributed by atoms with Crippen LogP contribution in [0.15, 0.2) is 36.4 Å². The number of ether oxygens (including phenoxy) is 1. The summed E-state index contributed by atoms with van der Waals surface area (Å²) in [5.41, 5.74) is -0.0312. The average Bonchev–Trinajstić information content (AvgIpc) is 2.43. The Kier molecular flexibility index (Phi) is 3.84. The van der Waals surface area contributed by atoms with Crippen LogP contribution in [0.5, 0.6) is 5.75 Å². The SMILES string of the molecule is CCC(Oc1ccc([N+](=O)[O-])c2ccccc12)C(=O)O. The van der Waals surface area contributed by atoms with Crippen LogP contribution in [-0.4, -0.2) is 22.1 Å². The van der Waals surface area contributed by atoms with Crippen molar-refractivity contribution in [1.82, 2.24) is 0 Å². The molecule has 2 aromatic rings. The van der Waals surface area contributed by atoms with Crippen molar-refractivity contribution < 1.29 is 19.6 Å². The van der Waals surface area contributed by atoms with E-state index in [2.05, 4.69) is 0 Å². The van der Waals surface area contributed by atoms with Crippen LogP contribution in [0.25, 0.3) is 10.8 Å². The van der Waals surface area contributed by atoms with Crippen molar-refractivity contribution in [3.05, 3.63) is 46.5 Å². The van der Waals surface area contributed by atoms with E-state index in [1.807, 2.05) is 0 Å². The van der Waals surface area contributed by atoms with Crippen LogP contribution < -0.4 is 4.74 Å². The molecule has 0 fully saturated rings. The van der Waals surface area contributed by atoms with E-state index >= 15 is 0 Å². The minimum absolute atomic E-state index is 0.0312. The summed E-state index contributed by atoms with van der Waals surface area (Å²) in [4.78, 5) is 21.5. The lowest BCUT2D eigenvalue weighted by molar-refractivity contribution is -0.383. The summed E-state index contributed by atoms with van der Waals surface area (Å²) in [6.45, 7) is 1.70. The Balaban J connectivity index is 2.53. The molecule has 0 heterocycles. The number of nitrogens with zero attached hydrogens (tertiary/aromatic N) is 1. The molecule has 0 saturated heterocycles. The molecule has 0 aliphatic rings. The minimum atomic E-state index is -1.06. The molecule has 2 aromatic carbocycles. The van der Waals surface area contributed by atoms with Gasteiger partial charge in [0.15, 0.2) is 6.10 Å². The second-order valence-electron chi connectivity index (χ2n) is 4.24. The molecule has 0 amide bonds. The maximum Gasteiger partial charge on any atom is 0.344 e. The molecule has 1 N–H and O–H groups in total. The van der Waals surface area contributed by atoms with Crippen LogP contribution in [0.3, 0.4) is 0 Å². The maximum atomic E-state index is 11.0. The Labute approximate surface area is 114 Å². The number of carboxylic acids is 1. The highest BCUT2D eigenvalue weighted by atomic mass is 16.6. The van der Waals surface area contributed by atoms with E-state index in [1.165, 1.54) is 12.1 Å². The number of nitro benzene ring substituents is 1. The molecule has 1 unspecified atom stereocenters. The van der Waals surface area contributed by atoms with Gasteiger partial charge >= 0.3 is 5.97 Å². The number of benzene rings is 2. The molecule has 0 bridgehead atoms. The van der Waals surface area contributed by atoms with Gasteiger partial charge in [-0.15, -0.1) is 0 Å². The molecule has 0 radical (unpaired) electrons. The zero-order chi connectivity index (χ0) is 14.7. The molecule has 0 aromatic heterocycles. The molecule has 6 nitrogen and oxygen atoms in total. The molecule has 1 atom stereocenters. The predicted octanol–water partition coefficient (Wildman–Crippen LogP) is 2.99. The summed E-state index contributed by atoms with van der Waals surface area (Å²) in [7, 11) is 0. The molecule has 0 saturated carbocycles. The van der Waals surface area contributed by atoms with Gasteiger partial charge in [0.2, 0.25) is 0 Å². The Morgan fingerprint density at radius 2 is 1.95 bits per heavy atom. The van der Waals surface area contributed by atoms with Gasteiger partial charge in [-0.05, 0) is 18.6 Å². The van der Waals surface area contributed by atoms with Gasteiger partial charge < -0.3 is 9.84 Å². The zero-order valence-electron chi connectivity index (χ0n) is 10.8. The number of carboxylic acid groups (broad SMARTS) is 1. The lowest BCUT2D eigenvalue weighted by atomic mass is 10.1. The largest absolute Gasteiger partial charge is 0.479 e. The fraction of sp³-hybridized carbons (Fsp3) is 0.214. The highest BCUT2D eigenvalue weighted by Crippen LogP contribution is 2.33. The average molecular weight is 275 g/mol. The van der Waals surface area contributed by atoms with Gasteiger partial charge in [0.1, 0.15) is 5.75 Å². The Hall–Kier alpha value is -2.63. The zero-order valence-corrected chi connectivity index (χ0v) is 10.8. The summed E-state index contributed by atoms with van der Waals surface area (Å²) >= 11 is 0. The lowest BCUT2D eigenvalue weighted by Gasteiger charge is -2.15. The normalized spacial score (nSPS) is 12.1. The molecule has 0 spiro atoms. The Bertz CT molecular complexity index is 668. The third kappa shape index (κ3) is 2.54. The van der Waals surface area contributed by atoms with E-state index in [0.717, 1.165) is 0 Å². The van der Waals surface area contributed by atoms with Gasteiger partial charge in [-0.1, -0.05) is 25.1 Å². The first-order valence-corrected chi connectivity index (χ1v) is 6.10. The number of carbonyl (C=O) groups is 1. The van der Waals surface area contributed by atoms with Gasteiger partial charge in [0.25, 0.3) is 5.69 Å². The fourth-order valence-corrected chi connectivity index (χ4v) is 1.98. The molecule has 0 aliphatic heterocycles. The Morgan fingerprint density at radius 1 is 1.30 bits per heavy atom. The highest BCUT2D eigenvalue weighted by Gasteiger charge is 2.20. The molecule has 2 rings (SSSR count). The number of aliphatic carboxylic acids is 1. The fourth-order valence-electron chi connectivity index (χ4n) is 1.98. The topological polar surface area (TPSA) is 89.7 Å². The number of fused-ring (bicyclic) bond motifs is 1. The number of hydrogen-bond acceptors (Lipinski definition) is 4. The number of hydrogen-bond donors (Lipinski definition) is 1. The van der Waals surface area contributed by atoms with Crippen molar-refractivity contribution >= 4 is 22.4 Å². The second-order valence-corrected chi connectivity index (χ2v) is 4.24. The molecule has 104 valence electrons. The van der Waals surface area contributed by atoms with Gasteiger partial charge in [-0.3, -0.25) is 10.1 Å². The van der Waals surface area contributed by atoms with Crippen molar-refractivity contribution in [3.8, 4) is 5.75 Å². The summed E-state index contributed by atoms with van der Waals surface area (Å²) < 4.78 is 5.45. The Morgan fingerprint density at radius 3 is 2.50 bits per heavy atom. The predicted molar refractivity (Wildman–Crippen MR) is 72.9 cm³/mol. The number of non-ortho nitro benzene ring substituents is 1. The molecular formula is C14H13NO5. The minimum Gasteiger partial charge on any atom is -0.479 e. The van der Waals surface area contributed by atoms with E-state index in [0.29, 0.717) is 22.9 Å². The second kappa shape index (κ2) is 5.56. The van der Waals surface area contributed by atoms with Crippen molar-refractivity contribution in [2.24, 2.45) is 0 Å². The molecule has 20 heavy (non-hydrogen) atoms. The van der Waals surface area contributed by atoms with Crippen molar-refractivity contribution in [2.75, 3.05) is 0 Å². The van der Waals surface area contributed by atoms with Crippen molar-refractivity contribution in [1.29, 1.82) is 0 Å². The standard InChI is InChI=1S/C14H13NO5/c1-2-12(14(16)17)20-13-8-7-11(15(18)19)9-5-3-4-6-10(9)13/h3-8,12H,2H2,1H3,(H,16,17).